The predicted molar refractivity (Wildman–Crippen MR) is 89.4 cm³/mol. The standard InChI is InChI=1S/C18H27NO4/c1-6-13(4)19-18(21)14(5)23-17(20)11-15-8-7-9-16(10-15)22-12(2)3/h7-10,12-14H,6,11H2,1-5H3,(H,19,21). The van der Waals surface area contributed by atoms with Gasteiger partial charge in [-0.15, -0.1) is 0 Å². The highest BCUT2D eigenvalue weighted by atomic mass is 16.5. The van der Waals surface area contributed by atoms with E-state index >= 15 is 0 Å². The number of hydrogen-bond acceptors (Lipinski definition) is 4. The lowest BCUT2D eigenvalue weighted by atomic mass is 10.1. The maximum absolute atomic E-state index is 12.0. The maximum Gasteiger partial charge on any atom is 0.311 e. The third-order valence-corrected chi connectivity index (χ3v) is 3.30. The van der Waals surface area contributed by atoms with Crippen molar-refractivity contribution >= 4 is 11.9 Å². The Kier molecular flexibility index (Phi) is 7.59. The number of carbonyl (C=O) groups is 2. The van der Waals surface area contributed by atoms with Crippen LogP contribution in [0.1, 0.15) is 46.6 Å². The normalized spacial score (nSPS) is 13.3. The SMILES string of the molecule is CCC(C)NC(=O)C(C)OC(=O)Cc1cccc(OC(C)C)c1. The number of ether oxygens (including phenoxy) is 2. The van der Waals surface area contributed by atoms with Crippen molar-refractivity contribution in [3.8, 4) is 5.75 Å². The highest BCUT2D eigenvalue weighted by molar-refractivity contribution is 5.84. The number of hydrogen-bond donors (Lipinski definition) is 1. The Labute approximate surface area is 138 Å². The van der Waals surface area contributed by atoms with Gasteiger partial charge in [-0.1, -0.05) is 19.1 Å². The van der Waals surface area contributed by atoms with E-state index in [-0.39, 0.29) is 24.5 Å². The second-order valence-electron chi connectivity index (χ2n) is 5.94. The van der Waals surface area contributed by atoms with Gasteiger partial charge in [0.1, 0.15) is 5.75 Å². The Balaban J connectivity index is 2.54. The van der Waals surface area contributed by atoms with Gasteiger partial charge in [0.05, 0.1) is 12.5 Å². The minimum atomic E-state index is -0.799. The first-order valence-corrected chi connectivity index (χ1v) is 8.07. The second-order valence-corrected chi connectivity index (χ2v) is 5.94. The van der Waals surface area contributed by atoms with Gasteiger partial charge in [0.25, 0.3) is 5.91 Å². The third kappa shape index (κ3) is 7.17. The predicted octanol–water partition coefficient (Wildman–Crippen LogP) is 2.86. The van der Waals surface area contributed by atoms with E-state index in [9.17, 15) is 9.59 Å². The van der Waals surface area contributed by atoms with Gasteiger partial charge in [-0.25, -0.2) is 0 Å². The summed E-state index contributed by atoms with van der Waals surface area (Å²) < 4.78 is 10.8. The molecule has 0 bridgehead atoms. The molecule has 0 aliphatic rings. The highest BCUT2D eigenvalue weighted by Crippen LogP contribution is 2.15. The van der Waals surface area contributed by atoms with E-state index < -0.39 is 12.1 Å². The molecular weight excluding hydrogens is 294 g/mol. The molecule has 0 saturated heterocycles. The molecule has 0 aliphatic carbocycles. The molecule has 2 atom stereocenters. The number of rotatable bonds is 8. The quantitative estimate of drug-likeness (QED) is 0.748. The molecule has 0 heterocycles. The van der Waals surface area contributed by atoms with E-state index in [0.717, 1.165) is 12.0 Å². The lowest BCUT2D eigenvalue weighted by Gasteiger charge is -2.17. The van der Waals surface area contributed by atoms with Crippen LogP contribution in [0.2, 0.25) is 0 Å². The molecule has 5 nitrogen and oxygen atoms in total. The van der Waals surface area contributed by atoms with Crippen LogP contribution in [0.4, 0.5) is 0 Å². The highest BCUT2D eigenvalue weighted by Gasteiger charge is 2.19. The van der Waals surface area contributed by atoms with Crippen molar-refractivity contribution in [2.24, 2.45) is 0 Å². The molecule has 0 saturated carbocycles. The fourth-order valence-electron chi connectivity index (χ4n) is 1.92. The van der Waals surface area contributed by atoms with Crippen molar-refractivity contribution in [2.75, 3.05) is 0 Å². The van der Waals surface area contributed by atoms with Crippen molar-refractivity contribution in [1.29, 1.82) is 0 Å². The van der Waals surface area contributed by atoms with Crippen molar-refractivity contribution < 1.29 is 19.1 Å². The molecule has 0 spiro atoms. The van der Waals surface area contributed by atoms with E-state index in [1.54, 1.807) is 6.92 Å². The monoisotopic (exact) mass is 321 g/mol. The van der Waals surface area contributed by atoms with Crippen LogP contribution in [0.3, 0.4) is 0 Å². The topological polar surface area (TPSA) is 64.6 Å². The Hall–Kier alpha value is -2.04. The van der Waals surface area contributed by atoms with E-state index in [2.05, 4.69) is 5.32 Å². The smallest absolute Gasteiger partial charge is 0.311 e. The van der Waals surface area contributed by atoms with Gasteiger partial charge in [0, 0.05) is 6.04 Å². The summed E-state index contributed by atoms with van der Waals surface area (Å²) in [5.74, 6) is 0.0101. The molecule has 1 rings (SSSR count). The second kappa shape index (κ2) is 9.18. The maximum atomic E-state index is 12.0. The largest absolute Gasteiger partial charge is 0.491 e. The molecule has 0 aromatic heterocycles. The summed E-state index contributed by atoms with van der Waals surface area (Å²) in [4.78, 5) is 23.8. The fourth-order valence-corrected chi connectivity index (χ4v) is 1.92. The van der Waals surface area contributed by atoms with Gasteiger partial charge in [-0.2, -0.15) is 0 Å². The third-order valence-electron chi connectivity index (χ3n) is 3.30. The van der Waals surface area contributed by atoms with Crippen LogP contribution in [0.25, 0.3) is 0 Å². The molecule has 5 heteroatoms. The Morgan fingerprint density at radius 1 is 1.17 bits per heavy atom. The van der Waals surface area contributed by atoms with Crippen molar-refractivity contribution in [1.82, 2.24) is 5.32 Å². The van der Waals surface area contributed by atoms with Crippen LogP contribution in [0, 0.1) is 0 Å². The van der Waals surface area contributed by atoms with Gasteiger partial charge in [0.15, 0.2) is 6.10 Å². The summed E-state index contributed by atoms with van der Waals surface area (Å²) in [7, 11) is 0. The van der Waals surface area contributed by atoms with Gasteiger partial charge in [0.2, 0.25) is 0 Å². The lowest BCUT2D eigenvalue weighted by molar-refractivity contribution is -0.154. The lowest BCUT2D eigenvalue weighted by Crippen LogP contribution is -2.40. The van der Waals surface area contributed by atoms with Crippen LogP contribution in [-0.2, 0) is 20.7 Å². The molecule has 0 aliphatic heterocycles. The molecule has 128 valence electrons. The van der Waals surface area contributed by atoms with Crippen LogP contribution in [-0.4, -0.2) is 30.1 Å². The van der Waals surface area contributed by atoms with Crippen molar-refractivity contribution in [3.63, 3.8) is 0 Å². The fraction of sp³-hybridized carbons (Fsp3) is 0.556. The molecule has 1 aromatic carbocycles. The van der Waals surface area contributed by atoms with Gasteiger partial charge >= 0.3 is 5.97 Å². The zero-order chi connectivity index (χ0) is 17.4. The number of esters is 1. The van der Waals surface area contributed by atoms with Crippen LogP contribution < -0.4 is 10.1 Å². The molecule has 0 fully saturated rings. The molecule has 2 unspecified atom stereocenters. The zero-order valence-corrected chi connectivity index (χ0v) is 14.6. The number of benzene rings is 1. The van der Waals surface area contributed by atoms with Crippen molar-refractivity contribution in [3.05, 3.63) is 29.8 Å². The number of nitrogens with one attached hydrogen (secondary N) is 1. The summed E-state index contributed by atoms with van der Waals surface area (Å²) in [6.45, 7) is 9.35. The average molecular weight is 321 g/mol. The first-order chi connectivity index (χ1) is 10.8. The molecule has 0 radical (unpaired) electrons. The van der Waals surface area contributed by atoms with Gasteiger partial charge < -0.3 is 14.8 Å². The van der Waals surface area contributed by atoms with Crippen LogP contribution in [0.15, 0.2) is 24.3 Å². The summed E-state index contributed by atoms with van der Waals surface area (Å²) in [6, 6.07) is 7.38. The molecule has 1 N–H and O–H groups in total. The number of amides is 1. The molecule has 1 amide bonds. The van der Waals surface area contributed by atoms with Crippen LogP contribution in [0.5, 0.6) is 5.75 Å². The van der Waals surface area contributed by atoms with Crippen LogP contribution >= 0.6 is 0 Å². The van der Waals surface area contributed by atoms with E-state index in [0.29, 0.717) is 5.75 Å². The summed E-state index contributed by atoms with van der Waals surface area (Å²) in [5.41, 5.74) is 0.794. The zero-order valence-electron chi connectivity index (χ0n) is 14.6. The molecular formula is C18H27NO4. The molecule has 1 aromatic rings. The van der Waals surface area contributed by atoms with E-state index in [4.69, 9.17) is 9.47 Å². The average Bonchev–Trinajstić information content (AvgIpc) is 2.46. The Bertz CT molecular complexity index is 528. The first-order valence-electron chi connectivity index (χ1n) is 8.07. The molecule has 23 heavy (non-hydrogen) atoms. The van der Waals surface area contributed by atoms with E-state index in [1.165, 1.54) is 0 Å². The summed E-state index contributed by atoms with van der Waals surface area (Å²) in [5, 5.41) is 2.79. The first kappa shape index (κ1) is 19.0. The van der Waals surface area contributed by atoms with Crippen molar-refractivity contribution in [2.45, 2.75) is 65.7 Å². The minimum Gasteiger partial charge on any atom is -0.491 e. The summed E-state index contributed by atoms with van der Waals surface area (Å²) in [6.07, 6.45) is 0.207. The Morgan fingerprint density at radius 3 is 2.48 bits per heavy atom. The van der Waals surface area contributed by atoms with Gasteiger partial charge in [-0.3, -0.25) is 9.59 Å². The minimum absolute atomic E-state index is 0.0634. The van der Waals surface area contributed by atoms with Gasteiger partial charge in [-0.05, 0) is 51.8 Å². The summed E-state index contributed by atoms with van der Waals surface area (Å²) >= 11 is 0. The van der Waals surface area contributed by atoms with E-state index in [1.807, 2.05) is 52.0 Å². The Morgan fingerprint density at radius 2 is 1.87 bits per heavy atom. The number of carbonyl (C=O) groups excluding carboxylic acids is 2.